The van der Waals surface area contributed by atoms with Crippen LogP contribution in [-0.4, -0.2) is 4.98 Å². The fraction of sp³-hybridized carbons (Fsp3) is 0.300. The maximum atomic E-state index is 13.4. The van der Waals surface area contributed by atoms with Crippen LogP contribution in [0.25, 0.3) is 11.1 Å². The largest absolute Gasteiger partial charge is 0.437 e. The third-order valence-electron chi connectivity index (χ3n) is 2.35. The van der Waals surface area contributed by atoms with E-state index < -0.39 is 0 Å². The average Bonchev–Trinajstić information content (AvgIpc) is 2.87. The lowest BCUT2D eigenvalue weighted by molar-refractivity contribution is 0.508. The van der Waals surface area contributed by atoms with E-state index in [4.69, 9.17) is 4.42 Å². The Kier molecular flexibility index (Phi) is 1.68. The second kappa shape index (κ2) is 2.79. The summed E-state index contributed by atoms with van der Waals surface area (Å²) in [6.07, 6.45) is 2.21. The van der Waals surface area contributed by atoms with E-state index in [-0.39, 0.29) is 11.4 Å². The predicted molar refractivity (Wildman–Crippen MR) is 53.6 cm³/mol. The lowest BCUT2D eigenvalue weighted by Gasteiger charge is -1.90. The van der Waals surface area contributed by atoms with Gasteiger partial charge in [-0.1, -0.05) is 15.9 Å². The fourth-order valence-corrected chi connectivity index (χ4v) is 1.90. The molecule has 0 atom stereocenters. The molecule has 1 saturated carbocycles. The molecule has 1 heterocycles. The van der Waals surface area contributed by atoms with Gasteiger partial charge in [-0.3, -0.25) is 0 Å². The smallest absolute Gasteiger partial charge is 0.198 e. The molecule has 0 aliphatic heterocycles. The van der Waals surface area contributed by atoms with Gasteiger partial charge in [0, 0.05) is 10.4 Å². The Balaban J connectivity index is 2.26. The van der Waals surface area contributed by atoms with Gasteiger partial charge in [-0.15, -0.1) is 0 Å². The van der Waals surface area contributed by atoms with E-state index >= 15 is 0 Å². The van der Waals surface area contributed by atoms with Gasteiger partial charge in [0.1, 0.15) is 5.52 Å². The van der Waals surface area contributed by atoms with Gasteiger partial charge in [0.15, 0.2) is 17.3 Å². The number of hydrogen-bond donors (Lipinski definition) is 0. The van der Waals surface area contributed by atoms with Gasteiger partial charge in [-0.25, -0.2) is 9.37 Å². The summed E-state index contributed by atoms with van der Waals surface area (Å²) in [5.41, 5.74) is 0.869. The molecular formula is C10H7BrFNO. The molecule has 1 aliphatic carbocycles. The third-order valence-corrected chi connectivity index (χ3v) is 2.81. The van der Waals surface area contributed by atoms with Gasteiger partial charge in [0.05, 0.1) is 0 Å². The summed E-state index contributed by atoms with van der Waals surface area (Å²) in [7, 11) is 0. The molecule has 4 heteroatoms. The Morgan fingerprint density at radius 3 is 2.93 bits per heavy atom. The second-order valence-corrected chi connectivity index (χ2v) is 4.48. The first-order valence-electron chi connectivity index (χ1n) is 4.49. The number of oxazole rings is 1. The number of halogens is 2. The predicted octanol–water partition coefficient (Wildman–Crippen LogP) is 3.61. The van der Waals surface area contributed by atoms with Crippen LogP contribution in [0.15, 0.2) is 21.0 Å². The maximum absolute atomic E-state index is 13.4. The first-order chi connectivity index (χ1) is 6.74. The molecule has 0 saturated heterocycles. The molecule has 3 rings (SSSR count). The molecule has 0 amide bonds. The van der Waals surface area contributed by atoms with Crippen LogP contribution >= 0.6 is 15.9 Å². The van der Waals surface area contributed by atoms with E-state index in [1.54, 1.807) is 6.07 Å². The molecule has 2 aromatic rings. The summed E-state index contributed by atoms with van der Waals surface area (Å²) in [5, 5.41) is 0. The SMILES string of the molecule is Fc1cc(Br)cc2nc(C3CC3)oc12. The molecule has 1 aromatic heterocycles. The zero-order chi connectivity index (χ0) is 9.71. The average molecular weight is 256 g/mol. The molecule has 0 unspecified atom stereocenters. The Bertz CT molecular complexity index is 504. The highest BCUT2D eigenvalue weighted by Crippen LogP contribution is 2.41. The zero-order valence-electron chi connectivity index (χ0n) is 7.26. The quantitative estimate of drug-likeness (QED) is 0.778. The van der Waals surface area contributed by atoms with Gasteiger partial charge < -0.3 is 4.42 Å². The zero-order valence-corrected chi connectivity index (χ0v) is 8.84. The van der Waals surface area contributed by atoms with E-state index in [1.165, 1.54) is 6.07 Å². The Morgan fingerprint density at radius 1 is 1.43 bits per heavy atom. The summed E-state index contributed by atoms with van der Waals surface area (Å²) in [4.78, 5) is 4.26. The molecule has 2 nitrogen and oxygen atoms in total. The molecule has 0 radical (unpaired) electrons. The number of rotatable bonds is 1. The molecule has 72 valence electrons. The lowest BCUT2D eigenvalue weighted by atomic mass is 10.3. The number of aromatic nitrogens is 1. The molecular weight excluding hydrogens is 249 g/mol. The number of benzene rings is 1. The van der Waals surface area contributed by atoms with Gasteiger partial charge in [0.2, 0.25) is 0 Å². The van der Waals surface area contributed by atoms with Crippen LogP contribution in [0.3, 0.4) is 0 Å². The van der Waals surface area contributed by atoms with E-state index in [9.17, 15) is 4.39 Å². The van der Waals surface area contributed by atoms with Crippen LogP contribution < -0.4 is 0 Å². The molecule has 1 aromatic carbocycles. The van der Waals surface area contributed by atoms with Crippen molar-refractivity contribution in [2.75, 3.05) is 0 Å². The summed E-state index contributed by atoms with van der Waals surface area (Å²) in [6.45, 7) is 0. The first kappa shape index (κ1) is 8.41. The number of hydrogen-bond acceptors (Lipinski definition) is 2. The highest BCUT2D eigenvalue weighted by molar-refractivity contribution is 9.10. The highest BCUT2D eigenvalue weighted by atomic mass is 79.9. The minimum atomic E-state index is -0.353. The van der Waals surface area contributed by atoms with Crippen LogP contribution in [0.1, 0.15) is 24.7 Å². The number of fused-ring (bicyclic) bond motifs is 1. The van der Waals surface area contributed by atoms with E-state index in [0.29, 0.717) is 21.8 Å². The van der Waals surface area contributed by atoms with Gasteiger partial charge >= 0.3 is 0 Å². The highest BCUT2D eigenvalue weighted by Gasteiger charge is 2.29. The van der Waals surface area contributed by atoms with Crippen molar-refractivity contribution in [3.8, 4) is 0 Å². The van der Waals surface area contributed by atoms with Crippen LogP contribution in [0.4, 0.5) is 4.39 Å². The van der Waals surface area contributed by atoms with Crippen molar-refractivity contribution in [2.24, 2.45) is 0 Å². The van der Waals surface area contributed by atoms with Crippen molar-refractivity contribution in [1.29, 1.82) is 0 Å². The van der Waals surface area contributed by atoms with Crippen molar-refractivity contribution in [3.63, 3.8) is 0 Å². The fourth-order valence-electron chi connectivity index (χ4n) is 1.48. The van der Waals surface area contributed by atoms with Crippen molar-refractivity contribution >= 4 is 27.0 Å². The van der Waals surface area contributed by atoms with Crippen LogP contribution in [0, 0.1) is 5.82 Å². The van der Waals surface area contributed by atoms with E-state index in [2.05, 4.69) is 20.9 Å². The van der Waals surface area contributed by atoms with E-state index in [0.717, 1.165) is 12.8 Å². The lowest BCUT2D eigenvalue weighted by Crippen LogP contribution is -1.76. The molecule has 1 fully saturated rings. The summed E-state index contributed by atoms with van der Waals surface area (Å²) in [5.74, 6) is 0.742. The summed E-state index contributed by atoms with van der Waals surface area (Å²) in [6, 6.07) is 3.16. The minimum Gasteiger partial charge on any atom is -0.437 e. The normalized spacial score (nSPS) is 16.4. The molecule has 0 bridgehead atoms. The maximum Gasteiger partial charge on any atom is 0.198 e. The standard InChI is InChI=1S/C10H7BrFNO/c11-6-3-7(12)9-8(4-6)13-10(14-9)5-1-2-5/h3-5H,1-2H2. The van der Waals surface area contributed by atoms with Crippen LogP contribution in [0.2, 0.25) is 0 Å². The van der Waals surface area contributed by atoms with Crippen LogP contribution in [0.5, 0.6) is 0 Å². The number of nitrogens with zero attached hydrogens (tertiary/aromatic N) is 1. The topological polar surface area (TPSA) is 26.0 Å². The van der Waals surface area contributed by atoms with Crippen molar-refractivity contribution in [2.45, 2.75) is 18.8 Å². The first-order valence-corrected chi connectivity index (χ1v) is 5.29. The molecule has 0 N–H and O–H groups in total. The Hall–Kier alpha value is -0.900. The van der Waals surface area contributed by atoms with E-state index in [1.807, 2.05) is 0 Å². The second-order valence-electron chi connectivity index (χ2n) is 3.56. The third kappa shape index (κ3) is 1.25. The Labute approximate surface area is 88.2 Å². The summed E-state index contributed by atoms with van der Waals surface area (Å²) < 4.78 is 19.4. The minimum absolute atomic E-state index is 0.273. The van der Waals surface area contributed by atoms with Gasteiger partial charge in [0.25, 0.3) is 0 Å². The van der Waals surface area contributed by atoms with Crippen molar-refractivity contribution in [1.82, 2.24) is 4.98 Å². The molecule has 0 spiro atoms. The van der Waals surface area contributed by atoms with Crippen LogP contribution in [-0.2, 0) is 0 Å². The molecule has 14 heavy (non-hydrogen) atoms. The van der Waals surface area contributed by atoms with Crippen molar-refractivity contribution in [3.05, 3.63) is 28.3 Å². The van der Waals surface area contributed by atoms with Crippen molar-refractivity contribution < 1.29 is 8.81 Å². The Morgan fingerprint density at radius 2 is 2.21 bits per heavy atom. The monoisotopic (exact) mass is 255 g/mol. The molecule has 1 aliphatic rings. The summed E-state index contributed by atoms with van der Waals surface area (Å²) >= 11 is 3.22. The van der Waals surface area contributed by atoms with Gasteiger partial charge in [-0.05, 0) is 25.0 Å². The van der Waals surface area contributed by atoms with Gasteiger partial charge in [-0.2, -0.15) is 0 Å².